The Bertz CT molecular complexity index is 1040. The second kappa shape index (κ2) is 9.40. The van der Waals surface area contributed by atoms with Gasteiger partial charge < -0.3 is 10.1 Å². The Morgan fingerprint density at radius 2 is 1.77 bits per heavy atom. The zero-order chi connectivity index (χ0) is 21.8. The normalized spacial score (nSPS) is 19.8. The van der Waals surface area contributed by atoms with E-state index in [4.69, 9.17) is 4.74 Å². The van der Waals surface area contributed by atoms with Crippen molar-refractivity contribution < 1.29 is 17.9 Å². The van der Waals surface area contributed by atoms with E-state index < -0.39 is 10.0 Å². The van der Waals surface area contributed by atoms with Gasteiger partial charge in [-0.3, -0.25) is 4.79 Å². The molecule has 0 bridgehead atoms. The molecule has 2 aromatic rings. The number of aryl methyl sites for hydroxylation is 1. The summed E-state index contributed by atoms with van der Waals surface area (Å²) in [6.45, 7) is 1.05. The fraction of sp³-hybridized carbons (Fsp3) is 0.458. The van der Waals surface area contributed by atoms with E-state index in [1.54, 1.807) is 10.4 Å². The number of sulfonamides is 1. The highest BCUT2D eigenvalue weighted by Crippen LogP contribution is 2.31. The van der Waals surface area contributed by atoms with Crippen LogP contribution in [0.4, 0.5) is 0 Å². The van der Waals surface area contributed by atoms with Gasteiger partial charge >= 0.3 is 0 Å². The van der Waals surface area contributed by atoms with Gasteiger partial charge in [-0.1, -0.05) is 37.1 Å². The van der Waals surface area contributed by atoms with Crippen LogP contribution < -0.4 is 10.1 Å². The fourth-order valence-electron chi connectivity index (χ4n) is 4.60. The van der Waals surface area contributed by atoms with Gasteiger partial charge in [-0.05, 0) is 61.4 Å². The molecular weight excluding hydrogens is 412 g/mol. The molecule has 31 heavy (non-hydrogen) atoms. The summed E-state index contributed by atoms with van der Waals surface area (Å²) in [5.41, 5.74) is 2.64. The third kappa shape index (κ3) is 4.62. The minimum Gasteiger partial charge on any atom is -0.496 e. The molecule has 1 fully saturated rings. The number of carbonyl (C=O) groups is 1. The van der Waals surface area contributed by atoms with Crippen LogP contribution >= 0.6 is 0 Å². The molecule has 0 aromatic heterocycles. The van der Waals surface area contributed by atoms with Crippen molar-refractivity contribution in [2.45, 2.75) is 55.9 Å². The Morgan fingerprint density at radius 1 is 1.03 bits per heavy atom. The summed E-state index contributed by atoms with van der Waals surface area (Å²) < 4.78 is 33.4. The van der Waals surface area contributed by atoms with Gasteiger partial charge in [-0.2, -0.15) is 4.31 Å². The molecule has 1 saturated heterocycles. The molecule has 0 radical (unpaired) electrons. The lowest BCUT2D eigenvalue weighted by Gasteiger charge is -2.27. The van der Waals surface area contributed by atoms with Crippen LogP contribution in [-0.2, 0) is 16.4 Å². The number of hydrogen-bond donors (Lipinski definition) is 1. The fourth-order valence-corrected chi connectivity index (χ4v) is 6.14. The minimum atomic E-state index is -3.65. The maximum Gasteiger partial charge on any atom is 0.255 e. The molecule has 4 rings (SSSR count). The van der Waals surface area contributed by atoms with E-state index in [0.29, 0.717) is 18.8 Å². The predicted molar refractivity (Wildman–Crippen MR) is 120 cm³/mol. The van der Waals surface area contributed by atoms with Crippen LogP contribution in [0.2, 0.25) is 0 Å². The standard InChI is InChI=1S/C24H30N2O4S/c1-30-23-14-13-19(31(28,29)26-15-6-2-3-7-16-26)17-21(23)24(27)25-22-12-8-10-18-9-4-5-11-20(18)22/h4-5,9,11,13-14,17,22H,2-3,6-8,10,12,15-16H2,1H3,(H,25,27). The number of ether oxygens (including phenoxy) is 1. The van der Waals surface area contributed by atoms with Crippen molar-refractivity contribution in [1.29, 1.82) is 0 Å². The predicted octanol–water partition coefficient (Wildman–Crippen LogP) is 4.07. The number of nitrogens with zero attached hydrogens (tertiary/aromatic N) is 1. The summed E-state index contributed by atoms with van der Waals surface area (Å²) in [5, 5.41) is 3.11. The molecule has 1 aliphatic carbocycles. The van der Waals surface area contributed by atoms with Crippen LogP contribution in [0.15, 0.2) is 47.4 Å². The smallest absolute Gasteiger partial charge is 0.255 e. The van der Waals surface area contributed by atoms with Crippen LogP contribution in [0.5, 0.6) is 5.75 Å². The Hall–Kier alpha value is -2.38. The number of amides is 1. The highest BCUT2D eigenvalue weighted by molar-refractivity contribution is 7.89. The van der Waals surface area contributed by atoms with Gasteiger partial charge in [0.25, 0.3) is 5.91 Å². The first-order valence-electron chi connectivity index (χ1n) is 11.1. The molecule has 1 N–H and O–H groups in total. The molecule has 1 atom stereocenters. The topological polar surface area (TPSA) is 75.7 Å². The Balaban J connectivity index is 1.61. The third-order valence-electron chi connectivity index (χ3n) is 6.29. The summed E-state index contributed by atoms with van der Waals surface area (Å²) in [6.07, 6.45) is 6.69. The highest BCUT2D eigenvalue weighted by atomic mass is 32.2. The van der Waals surface area contributed by atoms with Gasteiger partial charge in [0, 0.05) is 13.1 Å². The zero-order valence-corrected chi connectivity index (χ0v) is 18.8. The quantitative estimate of drug-likeness (QED) is 0.757. The number of carbonyl (C=O) groups excluding carboxylic acids is 1. The Morgan fingerprint density at radius 3 is 2.52 bits per heavy atom. The van der Waals surface area contributed by atoms with E-state index in [9.17, 15) is 13.2 Å². The first-order chi connectivity index (χ1) is 15.0. The van der Waals surface area contributed by atoms with Crippen molar-refractivity contribution in [3.05, 3.63) is 59.2 Å². The number of fused-ring (bicyclic) bond motifs is 1. The average molecular weight is 443 g/mol. The van der Waals surface area contributed by atoms with E-state index >= 15 is 0 Å². The van der Waals surface area contributed by atoms with Crippen molar-refractivity contribution in [3.63, 3.8) is 0 Å². The molecular formula is C24H30N2O4S. The van der Waals surface area contributed by atoms with Crippen LogP contribution in [0.3, 0.4) is 0 Å². The van der Waals surface area contributed by atoms with Crippen LogP contribution in [-0.4, -0.2) is 38.8 Å². The maximum absolute atomic E-state index is 13.2. The lowest BCUT2D eigenvalue weighted by Crippen LogP contribution is -2.33. The van der Waals surface area contributed by atoms with E-state index in [0.717, 1.165) is 50.5 Å². The minimum absolute atomic E-state index is 0.0898. The second-order valence-electron chi connectivity index (χ2n) is 8.30. The van der Waals surface area contributed by atoms with Gasteiger partial charge in [0.05, 0.1) is 23.6 Å². The average Bonchev–Trinajstić information content (AvgIpc) is 3.09. The molecule has 6 nitrogen and oxygen atoms in total. The van der Waals surface area contributed by atoms with Crippen LogP contribution in [0.25, 0.3) is 0 Å². The molecule has 1 unspecified atom stereocenters. The molecule has 0 spiro atoms. The van der Waals surface area contributed by atoms with Crippen molar-refractivity contribution in [3.8, 4) is 5.75 Å². The highest BCUT2D eigenvalue weighted by Gasteiger charge is 2.28. The summed E-state index contributed by atoms with van der Waals surface area (Å²) in [7, 11) is -2.16. The Kier molecular flexibility index (Phi) is 6.62. The molecule has 166 valence electrons. The van der Waals surface area contributed by atoms with E-state index in [-0.39, 0.29) is 22.4 Å². The largest absolute Gasteiger partial charge is 0.496 e. The van der Waals surface area contributed by atoms with Gasteiger partial charge in [0.1, 0.15) is 5.75 Å². The lowest BCUT2D eigenvalue weighted by atomic mass is 9.87. The summed E-state index contributed by atoms with van der Waals surface area (Å²) in [6, 6.07) is 12.6. The lowest BCUT2D eigenvalue weighted by molar-refractivity contribution is 0.0929. The number of rotatable bonds is 5. The SMILES string of the molecule is COc1ccc(S(=O)(=O)N2CCCCCC2)cc1C(=O)NC1CCCc2ccccc21. The van der Waals surface area contributed by atoms with Crippen molar-refractivity contribution in [2.24, 2.45) is 0 Å². The van der Waals surface area contributed by atoms with E-state index in [1.807, 2.05) is 12.1 Å². The third-order valence-corrected chi connectivity index (χ3v) is 8.19. The summed E-state index contributed by atoms with van der Waals surface area (Å²) in [4.78, 5) is 13.4. The van der Waals surface area contributed by atoms with Crippen molar-refractivity contribution in [1.82, 2.24) is 9.62 Å². The molecule has 2 aliphatic rings. The van der Waals surface area contributed by atoms with Crippen molar-refractivity contribution in [2.75, 3.05) is 20.2 Å². The molecule has 1 heterocycles. The first kappa shape index (κ1) is 21.8. The zero-order valence-electron chi connectivity index (χ0n) is 18.0. The van der Waals surface area contributed by atoms with Gasteiger partial charge in [-0.15, -0.1) is 0 Å². The first-order valence-corrected chi connectivity index (χ1v) is 12.5. The van der Waals surface area contributed by atoms with E-state index in [1.165, 1.54) is 24.8 Å². The molecule has 7 heteroatoms. The number of nitrogens with one attached hydrogen (secondary N) is 1. The molecule has 1 aliphatic heterocycles. The Labute approximate surface area is 184 Å². The van der Waals surface area contributed by atoms with Gasteiger partial charge in [0.2, 0.25) is 10.0 Å². The van der Waals surface area contributed by atoms with Crippen LogP contribution in [0.1, 0.15) is 66.1 Å². The molecule has 1 amide bonds. The summed E-state index contributed by atoms with van der Waals surface area (Å²) in [5.74, 6) is 0.0582. The molecule has 0 saturated carbocycles. The molecule has 2 aromatic carbocycles. The summed E-state index contributed by atoms with van der Waals surface area (Å²) >= 11 is 0. The number of methoxy groups -OCH3 is 1. The van der Waals surface area contributed by atoms with Crippen molar-refractivity contribution >= 4 is 15.9 Å². The van der Waals surface area contributed by atoms with Crippen LogP contribution in [0, 0.1) is 0 Å². The number of benzene rings is 2. The van der Waals surface area contributed by atoms with E-state index in [2.05, 4.69) is 17.4 Å². The van der Waals surface area contributed by atoms with Gasteiger partial charge in [-0.25, -0.2) is 8.42 Å². The maximum atomic E-state index is 13.2. The monoisotopic (exact) mass is 442 g/mol. The number of hydrogen-bond acceptors (Lipinski definition) is 4. The second-order valence-corrected chi connectivity index (χ2v) is 10.2. The van der Waals surface area contributed by atoms with Gasteiger partial charge in [0.15, 0.2) is 0 Å².